The molecule has 1 heterocycles. The van der Waals surface area contributed by atoms with E-state index in [1.807, 2.05) is 25.3 Å². The molecule has 0 aromatic heterocycles. The number of aromatic hydroxyl groups is 1. The summed E-state index contributed by atoms with van der Waals surface area (Å²) in [7, 11) is 0. The zero-order valence-electron chi connectivity index (χ0n) is 11.5. The minimum Gasteiger partial charge on any atom is -0.504 e. The maximum Gasteiger partial charge on any atom is 0.161 e. The van der Waals surface area contributed by atoms with Crippen molar-refractivity contribution in [3.05, 3.63) is 23.8 Å². The van der Waals surface area contributed by atoms with Gasteiger partial charge in [0.05, 0.1) is 12.8 Å². The number of hydrogen-bond acceptors (Lipinski definition) is 4. The standard InChI is InChI=1S/C15H22N2O2/c1-2-19-15-11-13(7-8-14(15)18)12-16-17-9-5-3-4-6-10-17/h7-8,11-12,18H,2-6,9-10H2,1H3/b16-12-. The van der Waals surface area contributed by atoms with Gasteiger partial charge in [0.25, 0.3) is 0 Å². The fourth-order valence-corrected chi connectivity index (χ4v) is 2.20. The number of phenols is 1. The Bertz CT molecular complexity index is 424. The molecule has 0 radical (unpaired) electrons. The molecule has 0 atom stereocenters. The highest BCUT2D eigenvalue weighted by Gasteiger charge is 2.06. The van der Waals surface area contributed by atoms with Crippen molar-refractivity contribution in [1.82, 2.24) is 5.01 Å². The third-order valence-electron chi connectivity index (χ3n) is 3.24. The van der Waals surface area contributed by atoms with Crippen LogP contribution in [0.3, 0.4) is 0 Å². The van der Waals surface area contributed by atoms with Gasteiger partial charge in [0.2, 0.25) is 0 Å². The molecule has 0 bridgehead atoms. The van der Waals surface area contributed by atoms with Crippen LogP contribution in [0, 0.1) is 0 Å². The number of ether oxygens (including phenoxy) is 1. The summed E-state index contributed by atoms with van der Waals surface area (Å²) in [5, 5.41) is 16.3. The Morgan fingerprint density at radius 2 is 2.00 bits per heavy atom. The lowest BCUT2D eigenvalue weighted by atomic mass is 10.2. The Kier molecular flexibility index (Phi) is 5.07. The largest absolute Gasteiger partial charge is 0.504 e. The molecule has 0 amide bonds. The van der Waals surface area contributed by atoms with Crippen LogP contribution in [0.15, 0.2) is 23.3 Å². The molecule has 2 rings (SSSR count). The van der Waals surface area contributed by atoms with Gasteiger partial charge in [0.15, 0.2) is 11.5 Å². The van der Waals surface area contributed by atoms with E-state index in [2.05, 4.69) is 10.1 Å². The van der Waals surface area contributed by atoms with Crippen LogP contribution in [0.2, 0.25) is 0 Å². The van der Waals surface area contributed by atoms with Crippen LogP contribution in [0.25, 0.3) is 0 Å². The molecule has 1 aliphatic rings. The molecule has 1 saturated heterocycles. The van der Waals surface area contributed by atoms with Gasteiger partial charge in [-0.3, -0.25) is 5.01 Å². The molecule has 1 fully saturated rings. The minimum absolute atomic E-state index is 0.175. The van der Waals surface area contributed by atoms with Crippen molar-refractivity contribution in [2.75, 3.05) is 19.7 Å². The molecule has 4 heteroatoms. The van der Waals surface area contributed by atoms with Crippen molar-refractivity contribution >= 4 is 6.21 Å². The van der Waals surface area contributed by atoms with E-state index in [0.717, 1.165) is 18.7 Å². The van der Waals surface area contributed by atoms with E-state index >= 15 is 0 Å². The Hall–Kier alpha value is -1.71. The third-order valence-corrected chi connectivity index (χ3v) is 3.24. The van der Waals surface area contributed by atoms with Crippen LogP contribution in [0.4, 0.5) is 0 Å². The van der Waals surface area contributed by atoms with Gasteiger partial charge < -0.3 is 9.84 Å². The van der Waals surface area contributed by atoms with E-state index in [-0.39, 0.29) is 5.75 Å². The van der Waals surface area contributed by atoms with Gasteiger partial charge in [0.1, 0.15) is 0 Å². The second-order valence-electron chi connectivity index (χ2n) is 4.77. The van der Waals surface area contributed by atoms with E-state index in [4.69, 9.17) is 4.74 Å². The van der Waals surface area contributed by atoms with Gasteiger partial charge in [0, 0.05) is 13.1 Å². The molecule has 1 aliphatic heterocycles. The highest BCUT2D eigenvalue weighted by atomic mass is 16.5. The smallest absolute Gasteiger partial charge is 0.161 e. The monoisotopic (exact) mass is 262 g/mol. The molecule has 0 saturated carbocycles. The summed E-state index contributed by atoms with van der Waals surface area (Å²) in [6, 6.07) is 5.31. The molecule has 0 unspecified atom stereocenters. The van der Waals surface area contributed by atoms with E-state index in [9.17, 15) is 5.11 Å². The number of phenolic OH excluding ortho intramolecular Hbond substituents is 1. The Morgan fingerprint density at radius 1 is 1.26 bits per heavy atom. The molecule has 0 aliphatic carbocycles. The van der Waals surface area contributed by atoms with Crippen molar-refractivity contribution in [2.45, 2.75) is 32.6 Å². The Balaban J connectivity index is 2.02. The lowest BCUT2D eigenvalue weighted by molar-refractivity contribution is 0.302. The first-order valence-electron chi connectivity index (χ1n) is 7.04. The van der Waals surface area contributed by atoms with Crippen molar-refractivity contribution < 1.29 is 9.84 Å². The van der Waals surface area contributed by atoms with Crippen molar-refractivity contribution in [3.8, 4) is 11.5 Å². The van der Waals surface area contributed by atoms with E-state index in [1.54, 1.807) is 6.07 Å². The van der Waals surface area contributed by atoms with Gasteiger partial charge >= 0.3 is 0 Å². The third kappa shape index (κ3) is 4.16. The van der Waals surface area contributed by atoms with Gasteiger partial charge in [-0.05, 0) is 43.5 Å². The van der Waals surface area contributed by atoms with Crippen LogP contribution >= 0.6 is 0 Å². The summed E-state index contributed by atoms with van der Waals surface area (Å²) in [6.45, 7) is 4.51. The molecule has 1 aromatic carbocycles. The lowest BCUT2D eigenvalue weighted by Crippen LogP contribution is -2.18. The Labute approximate surface area is 114 Å². The van der Waals surface area contributed by atoms with Gasteiger partial charge in [-0.1, -0.05) is 12.8 Å². The average molecular weight is 262 g/mol. The van der Waals surface area contributed by atoms with Crippen LogP contribution < -0.4 is 4.74 Å². The maximum absolute atomic E-state index is 9.64. The van der Waals surface area contributed by atoms with Gasteiger partial charge in [-0.2, -0.15) is 5.10 Å². The fraction of sp³-hybridized carbons (Fsp3) is 0.533. The number of hydrazone groups is 1. The molecular formula is C15H22N2O2. The van der Waals surface area contributed by atoms with Gasteiger partial charge in [-0.15, -0.1) is 0 Å². The predicted octanol–water partition coefficient (Wildman–Crippen LogP) is 3.00. The average Bonchev–Trinajstić information content (AvgIpc) is 2.68. The summed E-state index contributed by atoms with van der Waals surface area (Å²) in [6.07, 6.45) is 6.89. The van der Waals surface area contributed by atoms with Crippen molar-refractivity contribution in [2.24, 2.45) is 5.10 Å². The van der Waals surface area contributed by atoms with Crippen LogP contribution in [0.5, 0.6) is 11.5 Å². The summed E-state index contributed by atoms with van der Waals surface area (Å²) >= 11 is 0. The fourth-order valence-electron chi connectivity index (χ4n) is 2.20. The van der Waals surface area contributed by atoms with E-state index < -0.39 is 0 Å². The highest BCUT2D eigenvalue weighted by Crippen LogP contribution is 2.26. The molecule has 1 aromatic rings. The second-order valence-corrected chi connectivity index (χ2v) is 4.77. The second kappa shape index (κ2) is 7.02. The topological polar surface area (TPSA) is 45.1 Å². The number of benzene rings is 1. The van der Waals surface area contributed by atoms with Crippen LogP contribution in [-0.4, -0.2) is 36.0 Å². The first kappa shape index (κ1) is 13.7. The molecule has 104 valence electrons. The number of hydrogen-bond donors (Lipinski definition) is 1. The summed E-state index contributed by atoms with van der Waals surface area (Å²) in [5.41, 5.74) is 0.950. The zero-order chi connectivity index (χ0) is 13.5. The first-order chi connectivity index (χ1) is 9.29. The van der Waals surface area contributed by atoms with E-state index in [0.29, 0.717) is 12.4 Å². The SMILES string of the molecule is CCOc1cc(/C=N\N2CCCCCC2)ccc1O. The summed E-state index contributed by atoms with van der Waals surface area (Å²) in [5.74, 6) is 0.691. The number of rotatable bonds is 4. The van der Waals surface area contributed by atoms with Crippen molar-refractivity contribution in [1.29, 1.82) is 0 Å². The summed E-state index contributed by atoms with van der Waals surface area (Å²) in [4.78, 5) is 0. The molecule has 1 N–H and O–H groups in total. The van der Waals surface area contributed by atoms with E-state index in [1.165, 1.54) is 25.7 Å². The Morgan fingerprint density at radius 3 is 2.68 bits per heavy atom. The van der Waals surface area contributed by atoms with Crippen LogP contribution in [-0.2, 0) is 0 Å². The highest BCUT2D eigenvalue weighted by molar-refractivity contribution is 5.80. The lowest BCUT2D eigenvalue weighted by Gasteiger charge is -2.15. The maximum atomic E-state index is 9.64. The van der Waals surface area contributed by atoms with Gasteiger partial charge in [-0.25, -0.2) is 0 Å². The van der Waals surface area contributed by atoms with Crippen molar-refractivity contribution in [3.63, 3.8) is 0 Å². The zero-order valence-corrected chi connectivity index (χ0v) is 11.5. The normalized spacial score (nSPS) is 16.6. The summed E-state index contributed by atoms with van der Waals surface area (Å²) < 4.78 is 5.36. The molecule has 0 spiro atoms. The quantitative estimate of drug-likeness (QED) is 0.848. The number of nitrogens with zero attached hydrogens (tertiary/aromatic N) is 2. The first-order valence-corrected chi connectivity index (χ1v) is 7.04. The molecule has 4 nitrogen and oxygen atoms in total. The predicted molar refractivity (Wildman–Crippen MR) is 76.9 cm³/mol. The molecular weight excluding hydrogens is 240 g/mol. The van der Waals surface area contributed by atoms with Crippen LogP contribution in [0.1, 0.15) is 38.2 Å². The minimum atomic E-state index is 0.175. The molecule has 19 heavy (non-hydrogen) atoms.